The summed E-state index contributed by atoms with van der Waals surface area (Å²) in [7, 11) is 0. The van der Waals surface area contributed by atoms with Crippen molar-refractivity contribution >= 4 is 5.91 Å². The molecule has 0 aromatic heterocycles. The first-order chi connectivity index (χ1) is 13.2. The number of carbonyl (C=O) groups is 1. The molecule has 1 unspecified atom stereocenters. The normalized spacial score (nSPS) is 22.5. The van der Waals surface area contributed by atoms with Gasteiger partial charge >= 0.3 is 0 Å². The topological polar surface area (TPSA) is 38.3 Å². The zero-order valence-corrected chi connectivity index (χ0v) is 17.4. The van der Waals surface area contributed by atoms with Gasteiger partial charge < -0.3 is 10.1 Å². The molecule has 3 heteroatoms. The molecule has 1 fully saturated rings. The third-order valence-electron chi connectivity index (χ3n) is 5.61. The molecule has 3 atom stereocenters. The summed E-state index contributed by atoms with van der Waals surface area (Å²) in [5.74, 6) is 0.0527. The third-order valence-corrected chi connectivity index (χ3v) is 5.61. The largest absolute Gasteiger partial charge is 0.375 e. The van der Waals surface area contributed by atoms with Crippen LogP contribution in [-0.2, 0) is 4.74 Å². The fourth-order valence-electron chi connectivity index (χ4n) is 4.06. The maximum Gasteiger partial charge on any atom is 0.251 e. The molecular weight excluding hydrogens is 334 g/mol. The van der Waals surface area contributed by atoms with E-state index in [1.165, 1.54) is 51.4 Å². The lowest BCUT2D eigenvalue weighted by Gasteiger charge is -2.36. The molecule has 1 saturated heterocycles. The van der Waals surface area contributed by atoms with Crippen molar-refractivity contribution in [2.24, 2.45) is 0 Å². The molecule has 1 aromatic carbocycles. The second-order valence-electron chi connectivity index (χ2n) is 8.09. The Kier molecular flexibility index (Phi) is 10.5. The molecule has 0 aliphatic carbocycles. The second kappa shape index (κ2) is 12.9. The number of unbranched alkanes of at least 4 members (excludes halogenated alkanes) is 6. The van der Waals surface area contributed by atoms with E-state index >= 15 is 0 Å². The minimum Gasteiger partial charge on any atom is -0.375 e. The summed E-state index contributed by atoms with van der Waals surface area (Å²) in [6.07, 6.45) is 15.0. The average molecular weight is 374 g/mol. The van der Waals surface area contributed by atoms with E-state index in [4.69, 9.17) is 4.74 Å². The molecule has 1 N–H and O–H groups in total. The minimum absolute atomic E-state index is 0.0527. The van der Waals surface area contributed by atoms with Crippen molar-refractivity contribution in [3.8, 4) is 0 Å². The van der Waals surface area contributed by atoms with E-state index in [2.05, 4.69) is 19.2 Å². The molecule has 1 heterocycles. The number of benzene rings is 1. The first-order valence-corrected chi connectivity index (χ1v) is 11.2. The zero-order valence-electron chi connectivity index (χ0n) is 17.4. The predicted molar refractivity (Wildman–Crippen MR) is 113 cm³/mol. The highest BCUT2D eigenvalue weighted by Crippen LogP contribution is 2.27. The number of hydrogen-bond donors (Lipinski definition) is 1. The lowest BCUT2D eigenvalue weighted by Crippen LogP contribution is -2.45. The average Bonchev–Trinajstić information content (AvgIpc) is 2.69. The molecule has 0 spiro atoms. The highest BCUT2D eigenvalue weighted by Gasteiger charge is 2.30. The van der Waals surface area contributed by atoms with Crippen molar-refractivity contribution < 1.29 is 9.53 Å². The van der Waals surface area contributed by atoms with Crippen LogP contribution in [-0.4, -0.2) is 24.2 Å². The summed E-state index contributed by atoms with van der Waals surface area (Å²) < 4.78 is 6.41. The molecule has 1 amide bonds. The Bertz CT molecular complexity index is 496. The van der Waals surface area contributed by atoms with E-state index in [1.807, 2.05) is 30.3 Å². The predicted octanol–water partition coefficient (Wildman–Crippen LogP) is 6.27. The summed E-state index contributed by atoms with van der Waals surface area (Å²) in [5, 5.41) is 3.28. The van der Waals surface area contributed by atoms with Crippen LogP contribution in [0.2, 0.25) is 0 Å². The van der Waals surface area contributed by atoms with Crippen LogP contribution in [0.1, 0.15) is 101 Å². The Morgan fingerprint density at radius 2 is 1.44 bits per heavy atom. The fourth-order valence-corrected chi connectivity index (χ4v) is 4.06. The molecular formula is C24H39NO2. The van der Waals surface area contributed by atoms with Gasteiger partial charge in [-0.3, -0.25) is 4.79 Å². The van der Waals surface area contributed by atoms with Crippen molar-refractivity contribution in [3.63, 3.8) is 0 Å². The monoisotopic (exact) mass is 373 g/mol. The van der Waals surface area contributed by atoms with Crippen LogP contribution in [0.3, 0.4) is 0 Å². The van der Waals surface area contributed by atoms with Crippen LogP contribution in [0.5, 0.6) is 0 Å². The van der Waals surface area contributed by atoms with Crippen LogP contribution < -0.4 is 5.32 Å². The number of ether oxygens (including phenoxy) is 1. The van der Waals surface area contributed by atoms with Crippen molar-refractivity contribution in [1.82, 2.24) is 5.32 Å². The first-order valence-electron chi connectivity index (χ1n) is 11.2. The van der Waals surface area contributed by atoms with Gasteiger partial charge in [0, 0.05) is 11.6 Å². The highest BCUT2D eigenvalue weighted by atomic mass is 16.5. The molecule has 0 radical (unpaired) electrons. The lowest BCUT2D eigenvalue weighted by molar-refractivity contribution is -0.0680. The Morgan fingerprint density at radius 1 is 0.889 bits per heavy atom. The van der Waals surface area contributed by atoms with E-state index in [0.717, 1.165) is 31.2 Å². The maximum absolute atomic E-state index is 12.6. The quantitative estimate of drug-likeness (QED) is 0.438. The van der Waals surface area contributed by atoms with E-state index in [0.29, 0.717) is 12.2 Å². The highest BCUT2D eigenvalue weighted by molar-refractivity contribution is 5.94. The summed E-state index contributed by atoms with van der Waals surface area (Å²) in [6, 6.07) is 9.80. The van der Waals surface area contributed by atoms with Gasteiger partial charge in [-0.05, 0) is 37.8 Å². The molecule has 1 aliphatic heterocycles. The molecule has 2 rings (SSSR count). The van der Waals surface area contributed by atoms with Gasteiger partial charge in [0.1, 0.15) is 0 Å². The van der Waals surface area contributed by atoms with E-state index in [-0.39, 0.29) is 11.9 Å². The van der Waals surface area contributed by atoms with Gasteiger partial charge in [-0.2, -0.15) is 0 Å². The van der Waals surface area contributed by atoms with Gasteiger partial charge in [0.05, 0.1) is 12.2 Å². The van der Waals surface area contributed by atoms with Crippen molar-refractivity contribution in [3.05, 3.63) is 35.9 Å². The number of nitrogens with one attached hydrogen (secondary N) is 1. The van der Waals surface area contributed by atoms with Gasteiger partial charge in [0.15, 0.2) is 0 Å². The molecule has 3 nitrogen and oxygen atoms in total. The molecule has 1 aromatic rings. The van der Waals surface area contributed by atoms with E-state index in [9.17, 15) is 4.79 Å². The Hall–Kier alpha value is -1.35. The molecule has 27 heavy (non-hydrogen) atoms. The summed E-state index contributed by atoms with van der Waals surface area (Å²) in [6.45, 7) is 4.50. The Labute approximate surface area is 166 Å². The van der Waals surface area contributed by atoms with Crippen LogP contribution in [0.15, 0.2) is 30.3 Å². The zero-order chi connectivity index (χ0) is 19.3. The fraction of sp³-hybridized carbons (Fsp3) is 0.708. The van der Waals surface area contributed by atoms with Gasteiger partial charge in [0.25, 0.3) is 5.91 Å². The summed E-state index contributed by atoms with van der Waals surface area (Å²) in [4.78, 5) is 12.6. The lowest BCUT2D eigenvalue weighted by atomic mass is 9.92. The summed E-state index contributed by atoms with van der Waals surface area (Å²) in [5.41, 5.74) is 0.753. The molecule has 0 saturated carbocycles. The van der Waals surface area contributed by atoms with Crippen LogP contribution in [0.25, 0.3) is 0 Å². The third kappa shape index (κ3) is 8.47. The van der Waals surface area contributed by atoms with Gasteiger partial charge in [-0.1, -0.05) is 83.4 Å². The number of hydrogen-bond acceptors (Lipinski definition) is 2. The van der Waals surface area contributed by atoms with Crippen LogP contribution in [0, 0.1) is 0 Å². The summed E-state index contributed by atoms with van der Waals surface area (Å²) >= 11 is 0. The van der Waals surface area contributed by atoms with Gasteiger partial charge in [-0.15, -0.1) is 0 Å². The SMILES string of the molecule is CCCCCC[C@@H]1CC(NC(=O)c2ccccc2)C[C@H](CCCCCC)O1. The standard InChI is InChI=1S/C24H39NO2/c1-3-5-7-12-16-22-18-21(19-23(27-22)17-13-8-6-4-2)25-24(26)20-14-10-9-11-15-20/h9-11,14-15,21-23H,3-8,12-13,16-19H2,1-2H3,(H,25,26)/t21?,22-,23+. The number of rotatable bonds is 12. The Morgan fingerprint density at radius 3 is 1.96 bits per heavy atom. The first kappa shape index (κ1) is 21.9. The van der Waals surface area contributed by atoms with Crippen LogP contribution >= 0.6 is 0 Å². The molecule has 152 valence electrons. The number of amides is 1. The minimum atomic E-state index is 0.0527. The van der Waals surface area contributed by atoms with Gasteiger partial charge in [0.2, 0.25) is 0 Å². The molecule has 1 aliphatic rings. The van der Waals surface area contributed by atoms with Crippen molar-refractivity contribution in [1.29, 1.82) is 0 Å². The Balaban J connectivity index is 1.87. The smallest absolute Gasteiger partial charge is 0.251 e. The number of carbonyl (C=O) groups excluding carboxylic acids is 1. The van der Waals surface area contributed by atoms with E-state index < -0.39 is 0 Å². The second-order valence-corrected chi connectivity index (χ2v) is 8.09. The van der Waals surface area contributed by atoms with Gasteiger partial charge in [-0.25, -0.2) is 0 Å². The van der Waals surface area contributed by atoms with E-state index in [1.54, 1.807) is 0 Å². The maximum atomic E-state index is 12.6. The molecule has 0 bridgehead atoms. The van der Waals surface area contributed by atoms with Crippen molar-refractivity contribution in [2.45, 2.75) is 109 Å². The van der Waals surface area contributed by atoms with Crippen LogP contribution in [0.4, 0.5) is 0 Å². The van der Waals surface area contributed by atoms with Crippen molar-refractivity contribution in [2.75, 3.05) is 0 Å².